The number of hydrogen-bond donors (Lipinski definition) is 1. The fourth-order valence-corrected chi connectivity index (χ4v) is 2.48. The average molecular weight is 374 g/mol. The van der Waals surface area contributed by atoms with Crippen molar-refractivity contribution < 1.29 is 13.6 Å². The molecule has 4 nitrogen and oxygen atoms in total. The van der Waals surface area contributed by atoms with E-state index in [0.29, 0.717) is 28.5 Å². The van der Waals surface area contributed by atoms with E-state index in [1.807, 2.05) is 0 Å². The molecular formula is C19H14ClF2N3O. The van der Waals surface area contributed by atoms with E-state index in [9.17, 15) is 13.6 Å². The quantitative estimate of drug-likeness (QED) is 0.669. The largest absolute Gasteiger partial charge is 0.306 e. The molecule has 0 unspecified atom stereocenters. The van der Waals surface area contributed by atoms with Gasteiger partial charge in [0.25, 0.3) is 0 Å². The molecule has 0 saturated carbocycles. The number of carbonyl (C=O) groups is 1. The van der Waals surface area contributed by atoms with Gasteiger partial charge in [-0.25, -0.2) is 8.78 Å². The van der Waals surface area contributed by atoms with E-state index < -0.39 is 5.82 Å². The first-order chi connectivity index (χ1) is 12.5. The molecule has 0 aliphatic heterocycles. The molecule has 1 heterocycles. The Hall–Kier alpha value is -2.99. The number of carbonyl (C=O) groups excluding carboxylic acids is 1. The summed E-state index contributed by atoms with van der Waals surface area (Å²) in [4.78, 5) is 11.9. The molecule has 3 aromatic rings. The molecule has 0 saturated heterocycles. The topological polar surface area (TPSA) is 46.9 Å². The van der Waals surface area contributed by atoms with E-state index in [0.717, 1.165) is 0 Å². The number of amides is 1. The first kappa shape index (κ1) is 17.8. The summed E-state index contributed by atoms with van der Waals surface area (Å²) in [5.41, 5.74) is 1.42. The van der Waals surface area contributed by atoms with Gasteiger partial charge < -0.3 is 5.32 Å². The molecule has 0 fully saturated rings. The number of nitrogens with zero attached hydrogens (tertiary/aromatic N) is 2. The van der Waals surface area contributed by atoms with Crippen LogP contribution in [0.25, 0.3) is 6.08 Å². The normalized spacial score (nSPS) is 11.0. The van der Waals surface area contributed by atoms with Crippen LogP contribution < -0.4 is 5.32 Å². The molecule has 2 aromatic carbocycles. The summed E-state index contributed by atoms with van der Waals surface area (Å²) in [5, 5.41) is 7.17. The molecule has 7 heteroatoms. The molecule has 0 aliphatic rings. The van der Waals surface area contributed by atoms with Gasteiger partial charge in [-0.2, -0.15) is 5.10 Å². The minimum atomic E-state index is -0.403. The van der Waals surface area contributed by atoms with Crippen LogP contribution in [0.1, 0.15) is 11.1 Å². The third kappa shape index (κ3) is 4.77. The molecule has 0 spiro atoms. The zero-order chi connectivity index (χ0) is 18.5. The fourth-order valence-electron chi connectivity index (χ4n) is 2.25. The van der Waals surface area contributed by atoms with E-state index in [-0.39, 0.29) is 11.7 Å². The van der Waals surface area contributed by atoms with Crippen LogP contribution in [0.2, 0.25) is 5.02 Å². The highest BCUT2D eigenvalue weighted by molar-refractivity contribution is 6.31. The van der Waals surface area contributed by atoms with Crippen molar-refractivity contribution in [2.45, 2.75) is 6.54 Å². The predicted octanol–water partition coefficient (Wildman–Crippen LogP) is 4.51. The Morgan fingerprint density at radius 1 is 1.12 bits per heavy atom. The highest BCUT2D eigenvalue weighted by atomic mass is 35.5. The molecule has 0 atom stereocenters. The highest BCUT2D eigenvalue weighted by Crippen LogP contribution is 2.18. The summed E-state index contributed by atoms with van der Waals surface area (Å²) in [7, 11) is 0. The van der Waals surface area contributed by atoms with Gasteiger partial charge in [-0.05, 0) is 41.5 Å². The summed E-state index contributed by atoms with van der Waals surface area (Å²) in [6.07, 6.45) is 4.59. The number of aromatic nitrogens is 2. The maximum atomic E-state index is 13.1. The van der Waals surface area contributed by atoms with E-state index in [2.05, 4.69) is 10.4 Å². The second-order valence-electron chi connectivity index (χ2n) is 5.51. The van der Waals surface area contributed by atoms with Crippen LogP contribution in [0, 0.1) is 11.6 Å². The van der Waals surface area contributed by atoms with Gasteiger partial charge in [0, 0.05) is 23.4 Å². The molecule has 1 N–H and O–H groups in total. The van der Waals surface area contributed by atoms with E-state index in [1.54, 1.807) is 41.2 Å². The predicted molar refractivity (Wildman–Crippen MR) is 96.8 cm³/mol. The minimum Gasteiger partial charge on any atom is -0.306 e. The molecule has 0 bridgehead atoms. The maximum absolute atomic E-state index is 13.1. The lowest BCUT2D eigenvalue weighted by Crippen LogP contribution is -2.09. The van der Waals surface area contributed by atoms with Gasteiger partial charge in [-0.3, -0.25) is 9.48 Å². The van der Waals surface area contributed by atoms with Crippen molar-refractivity contribution in [3.8, 4) is 0 Å². The fraction of sp³-hybridized carbons (Fsp3) is 0.0526. The van der Waals surface area contributed by atoms with Crippen molar-refractivity contribution in [3.05, 3.63) is 88.6 Å². The number of anilines is 1. The molecule has 1 aromatic heterocycles. The third-order valence-corrected chi connectivity index (χ3v) is 3.89. The van der Waals surface area contributed by atoms with Crippen molar-refractivity contribution in [1.82, 2.24) is 9.78 Å². The second-order valence-corrected chi connectivity index (χ2v) is 5.92. The van der Waals surface area contributed by atoms with Crippen molar-refractivity contribution in [2.24, 2.45) is 0 Å². The average Bonchev–Trinajstić information content (AvgIpc) is 3.04. The lowest BCUT2D eigenvalue weighted by atomic mass is 10.2. The van der Waals surface area contributed by atoms with Gasteiger partial charge in [-0.1, -0.05) is 29.8 Å². The van der Waals surface area contributed by atoms with Crippen molar-refractivity contribution in [1.29, 1.82) is 0 Å². The SMILES string of the molecule is O=C(/C=C/c1ccc(F)cc1)Nc1ccn(Cc2ccc(F)cc2Cl)n1. The molecule has 3 rings (SSSR count). The van der Waals surface area contributed by atoms with Crippen molar-refractivity contribution in [2.75, 3.05) is 5.32 Å². The monoisotopic (exact) mass is 373 g/mol. The molecule has 1 amide bonds. The first-order valence-electron chi connectivity index (χ1n) is 7.71. The lowest BCUT2D eigenvalue weighted by Gasteiger charge is -2.04. The number of hydrogen-bond acceptors (Lipinski definition) is 2. The van der Waals surface area contributed by atoms with Gasteiger partial charge in [0.15, 0.2) is 5.82 Å². The van der Waals surface area contributed by atoms with Crippen LogP contribution in [0.5, 0.6) is 0 Å². The van der Waals surface area contributed by atoms with E-state index in [1.165, 1.54) is 30.3 Å². The van der Waals surface area contributed by atoms with Crippen LogP contribution in [0.15, 0.2) is 60.8 Å². The van der Waals surface area contributed by atoms with Gasteiger partial charge in [-0.15, -0.1) is 0 Å². The van der Waals surface area contributed by atoms with Crippen LogP contribution in [0.3, 0.4) is 0 Å². The molecule has 0 aliphatic carbocycles. The zero-order valence-electron chi connectivity index (χ0n) is 13.5. The Bertz CT molecular complexity index is 952. The third-order valence-electron chi connectivity index (χ3n) is 3.54. The summed E-state index contributed by atoms with van der Waals surface area (Å²) >= 11 is 6.00. The Labute approximate surface area is 153 Å². The number of rotatable bonds is 5. The van der Waals surface area contributed by atoms with Gasteiger partial charge in [0.05, 0.1) is 6.54 Å². The Morgan fingerprint density at radius 3 is 2.58 bits per heavy atom. The van der Waals surface area contributed by atoms with Crippen LogP contribution >= 0.6 is 11.6 Å². The Kier molecular flexibility index (Phi) is 5.43. The van der Waals surface area contributed by atoms with Crippen molar-refractivity contribution >= 4 is 29.4 Å². The zero-order valence-corrected chi connectivity index (χ0v) is 14.3. The molecule has 26 heavy (non-hydrogen) atoms. The van der Waals surface area contributed by atoms with Gasteiger partial charge in [0.2, 0.25) is 5.91 Å². The highest BCUT2D eigenvalue weighted by Gasteiger charge is 2.06. The number of benzene rings is 2. The Morgan fingerprint density at radius 2 is 1.85 bits per heavy atom. The van der Waals surface area contributed by atoms with E-state index >= 15 is 0 Å². The Balaban J connectivity index is 1.60. The summed E-state index contributed by atoms with van der Waals surface area (Å²) in [6.45, 7) is 0.348. The van der Waals surface area contributed by atoms with Crippen LogP contribution in [-0.4, -0.2) is 15.7 Å². The maximum Gasteiger partial charge on any atom is 0.249 e. The molecule has 132 valence electrons. The van der Waals surface area contributed by atoms with Crippen LogP contribution in [-0.2, 0) is 11.3 Å². The molecule has 0 radical (unpaired) electrons. The van der Waals surface area contributed by atoms with E-state index in [4.69, 9.17) is 11.6 Å². The summed E-state index contributed by atoms with van der Waals surface area (Å²) in [6, 6.07) is 11.6. The minimum absolute atomic E-state index is 0.313. The summed E-state index contributed by atoms with van der Waals surface area (Å²) < 4.78 is 27.5. The summed E-state index contributed by atoms with van der Waals surface area (Å²) in [5.74, 6) is -0.727. The lowest BCUT2D eigenvalue weighted by molar-refractivity contribution is -0.111. The van der Waals surface area contributed by atoms with Gasteiger partial charge >= 0.3 is 0 Å². The standard InChI is InChI=1S/C19H14ClF2N3O/c20-17-11-16(22)7-4-14(17)12-25-10-9-18(24-25)23-19(26)8-3-13-1-5-15(21)6-2-13/h1-11H,12H2,(H,23,24,26)/b8-3+. The van der Waals surface area contributed by atoms with Crippen molar-refractivity contribution in [3.63, 3.8) is 0 Å². The molecular weight excluding hydrogens is 360 g/mol. The number of nitrogens with one attached hydrogen (secondary N) is 1. The number of halogens is 3. The smallest absolute Gasteiger partial charge is 0.249 e. The van der Waals surface area contributed by atoms with Gasteiger partial charge in [0.1, 0.15) is 11.6 Å². The second kappa shape index (κ2) is 7.93. The first-order valence-corrected chi connectivity index (χ1v) is 8.09. The van der Waals surface area contributed by atoms with Crippen LogP contribution in [0.4, 0.5) is 14.6 Å².